The van der Waals surface area contributed by atoms with Crippen molar-refractivity contribution >= 4 is 0 Å². The van der Waals surface area contributed by atoms with Crippen molar-refractivity contribution in [1.82, 2.24) is 39.9 Å². The first-order valence-electron chi connectivity index (χ1n) is 34.3. The molecule has 8 atom stereocenters. The molecule has 4 aromatic heterocycles. The summed E-state index contributed by atoms with van der Waals surface area (Å²) in [5.74, 6) is -1.34. The molecule has 12 aromatic rings. The summed E-state index contributed by atoms with van der Waals surface area (Å²) in [4.78, 5) is 35.4. The minimum atomic E-state index is -0.375. The fraction of sp³-hybridized carbons (Fsp3) is 0.256. The Hall–Kier alpha value is -7.92. The predicted molar refractivity (Wildman–Crippen MR) is 408 cm³/mol. The third kappa shape index (κ3) is 38.3. The summed E-state index contributed by atoms with van der Waals surface area (Å²) in [6.45, 7) is 17.1. The molecule has 8 aromatic carbocycles. The topological polar surface area (TPSA) is 265 Å². The quantitative estimate of drug-likeness (QED) is 0.0330. The molecule has 0 aliphatic carbocycles. The van der Waals surface area contributed by atoms with Crippen LogP contribution in [-0.2, 0) is 80.4 Å². The molecule has 4 heterocycles. The van der Waals surface area contributed by atoms with Gasteiger partial charge >= 0.3 is 0 Å². The molecule has 0 fully saturated rings. The van der Waals surface area contributed by atoms with Gasteiger partial charge in [0.05, 0.1) is 83.0 Å². The average Bonchev–Trinajstić information content (AvgIpc) is 0.708. The van der Waals surface area contributed by atoms with Gasteiger partial charge in [-0.2, -0.15) is 0 Å². The van der Waals surface area contributed by atoms with Crippen molar-refractivity contribution in [1.29, 1.82) is 0 Å². The Balaban J connectivity index is 0.000000651. The minimum Gasteiger partial charge on any atom is -0.393 e. The Kier molecular flexibility index (Phi) is 49.7. The van der Waals surface area contributed by atoms with Gasteiger partial charge in [0.2, 0.25) is 0 Å². The van der Waals surface area contributed by atoms with Gasteiger partial charge in [0.1, 0.15) is 11.6 Å². The normalized spacial score (nSPS) is 12.2. The molecule has 592 valence electrons. The predicted octanol–water partition coefficient (Wildman–Crippen LogP) is 16.2. The average molecular weight is 2210 g/mol. The Morgan fingerprint density at radius 1 is 0.273 bits per heavy atom. The van der Waals surface area contributed by atoms with Crippen LogP contribution in [0, 0.1) is 61.4 Å². The number of halogens is 4. The second kappa shape index (κ2) is 54.7. The van der Waals surface area contributed by atoms with E-state index < -0.39 is 0 Å². The zero-order chi connectivity index (χ0) is 77.5. The summed E-state index contributed by atoms with van der Waals surface area (Å²) in [5.41, 5.74) is 14.4. The van der Waals surface area contributed by atoms with Crippen molar-refractivity contribution in [2.24, 2.45) is 0 Å². The van der Waals surface area contributed by atoms with Crippen LogP contribution in [0.4, 0.5) is 17.6 Å². The minimum absolute atomic E-state index is 0. The van der Waals surface area contributed by atoms with Crippen molar-refractivity contribution in [2.45, 2.75) is 144 Å². The third-order valence-electron chi connectivity index (χ3n) is 14.2. The Morgan fingerprint density at radius 2 is 0.518 bits per heavy atom. The molecule has 0 spiro atoms. The van der Waals surface area contributed by atoms with E-state index in [1.807, 2.05) is 111 Å². The second-order valence-corrected chi connectivity index (χ2v) is 24.8. The van der Waals surface area contributed by atoms with Gasteiger partial charge in [-0.25, -0.2) is 8.78 Å². The Bertz CT molecular complexity index is 4200. The molecule has 0 saturated carbocycles. The molecule has 12 rings (SSSR count). The monoisotopic (exact) mass is 2210 g/mol. The van der Waals surface area contributed by atoms with Crippen LogP contribution in [-0.4, -0.2) is 130 Å². The van der Waals surface area contributed by atoms with Crippen LogP contribution in [0.15, 0.2) is 231 Å². The maximum atomic E-state index is 13.1. The molecular weight excluding hydrogens is 2120 g/mol. The van der Waals surface area contributed by atoms with Gasteiger partial charge in [0, 0.05) is 152 Å². The van der Waals surface area contributed by atoms with E-state index in [-0.39, 0.29) is 153 Å². The Labute approximate surface area is 697 Å². The number of aryl methyl sites for hydroxylation is 2. The molecular formula is C86H92F4Ir4N8O8-4. The first kappa shape index (κ1) is 100. The van der Waals surface area contributed by atoms with Crippen LogP contribution in [0.3, 0.4) is 0 Å². The van der Waals surface area contributed by atoms with E-state index in [2.05, 4.69) is 76.3 Å². The van der Waals surface area contributed by atoms with Crippen LogP contribution >= 0.6 is 0 Å². The van der Waals surface area contributed by atoms with Gasteiger partial charge in [0.15, 0.2) is 0 Å². The van der Waals surface area contributed by atoms with Crippen LogP contribution in [0.2, 0.25) is 0 Å². The fourth-order valence-corrected chi connectivity index (χ4v) is 9.81. The van der Waals surface area contributed by atoms with Crippen molar-refractivity contribution in [2.75, 3.05) is 0 Å². The number of hydrogen-bond acceptors (Lipinski definition) is 16. The van der Waals surface area contributed by atoms with Gasteiger partial charge in [-0.05, 0) is 141 Å². The van der Waals surface area contributed by atoms with E-state index in [4.69, 9.17) is 40.9 Å². The molecule has 0 bridgehead atoms. The van der Waals surface area contributed by atoms with Gasteiger partial charge in [-0.15, -0.1) is 131 Å². The molecule has 8 N–H and O–H groups in total. The smallest absolute Gasteiger partial charge is 0.123 e. The van der Waals surface area contributed by atoms with Gasteiger partial charge in [0.25, 0.3) is 0 Å². The number of hydrogen-bond donors (Lipinski definition) is 8. The van der Waals surface area contributed by atoms with Crippen LogP contribution in [0.5, 0.6) is 0 Å². The van der Waals surface area contributed by atoms with Gasteiger partial charge in [-0.3, -0.25) is 28.7 Å². The third-order valence-corrected chi connectivity index (χ3v) is 14.2. The largest absolute Gasteiger partial charge is 0.393 e. The van der Waals surface area contributed by atoms with Crippen LogP contribution in [0.25, 0.3) is 90.1 Å². The van der Waals surface area contributed by atoms with E-state index in [1.165, 1.54) is 48.5 Å². The number of nitrogens with zero attached hydrogens (tertiary/aromatic N) is 8. The standard InChI is InChI=1S/C17H11F2N2.C17H13N2.C16H9F2N2.C16H11N2.4C5H12O2.4Ir/c1-11-10-20-16(12-2-6-14(18)7-3-12)17(21-11)13-4-8-15(19)9-5-13;1-13-12-18-16(14-8-4-2-5-9-14)17(19-13)15-10-6-3-7-11-15;17-13-5-1-11(2-6-13)15-16(20-10-9-19-15)12-3-7-14(18)8-4-12;1-3-7-13(8-4-1)15-16(18-12-11-17-15)14-9-5-2-6-10-14;4*1-4(6)3-5(2)7;;;;/h2,4-10H,1H3;2-8,10-12H,1H3;1-3,5-10H;1-9,11-12H;4*4-7H,3H2,1-2H3;;;;/q4*-1;;;;;;;;. The Morgan fingerprint density at radius 3 is 0.782 bits per heavy atom. The molecule has 0 aliphatic rings. The number of rotatable bonds is 16. The molecule has 110 heavy (non-hydrogen) atoms. The van der Waals surface area contributed by atoms with Crippen molar-refractivity contribution < 1.29 is 139 Å². The van der Waals surface area contributed by atoms with E-state index in [0.29, 0.717) is 59.6 Å². The zero-order valence-electron chi connectivity index (χ0n) is 62.4. The molecule has 16 nitrogen and oxygen atoms in total. The van der Waals surface area contributed by atoms with Gasteiger partial charge < -0.3 is 60.8 Å². The number of aliphatic hydroxyl groups excluding tert-OH is 8. The number of aromatic nitrogens is 8. The van der Waals surface area contributed by atoms with E-state index in [9.17, 15) is 17.6 Å². The fourth-order valence-electron chi connectivity index (χ4n) is 9.81. The maximum absolute atomic E-state index is 13.1. The van der Waals surface area contributed by atoms with Gasteiger partial charge in [-0.1, -0.05) is 84.9 Å². The van der Waals surface area contributed by atoms with Crippen molar-refractivity contribution in [3.05, 3.63) is 290 Å². The summed E-state index contributed by atoms with van der Waals surface area (Å²) in [6, 6.07) is 68.3. The first-order chi connectivity index (χ1) is 50.7. The van der Waals surface area contributed by atoms with E-state index >= 15 is 0 Å². The van der Waals surface area contributed by atoms with Crippen molar-refractivity contribution in [3.8, 4) is 90.1 Å². The maximum Gasteiger partial charge on any atom is 0.123 e. The summed E-state index contributed by atoms with van der Waals surface area (Å²) in [6.07, 6.45) is 8.87. The SMILES string of the molecule is CC(O)CC(C)O.CC(O)CC(C)O.CC(O)CC(C)O.CC(O)CC(C)O.Cc1cnc(-c2[c-]cc(F)cc2)c(-c2ccc(F)cc2)n1.Cc1cnc(-c2[c-]cccc2)c(-c2ccccc2)n1.Fc1c[c-]c(-c2nccnc2-c2ccc(F)cc2)cc1.[Ir].[Ir].[Ir].[Ir].[c-]1ccccc1-c1nccnc1-c1ccccc1. The zero-order valence-corrected chi connectivity index (χ0v) is 72.0. The molecule has 24 heteroatoms. The molecule has 0 amide bonds. The summed E-state index contributed by atoms with van der Waals surface area (Å²) < 4.78 is 52.0. The summed E-state index contributed by atoms with van der Waals surface area (Å²) in [7, 11) is 0. The summed E-state index contributed by atoms with van der Waals surface area (Å²) >= 11 is 0. The second-order valence-electron chi connectivity index (χ2n) is 24.8. The van der Waals surface area contributed by atoms with Crippen molar-refractivity contribution in [3.63, 3.8) is 0 Å². The molecule has 0 aliphatic heterocycles. The molecule has 0 saturated heterocycles. The van der Waals surface area contributed by atoms with Crippen LogP contribution in [0.1, 0.15) is 92.5 Å². The number of aliphatic hydroxyl groups is 8. The van der Waals surface area contributed by atoms with Crippen LogP contribution < -0.4 is 0 Å². The van der Waals surface area contributed by atoms with E-state index in [0.717, 1.165) is 67.5 Å². The summed E-state index contributed by atoms with van der Waals surface area (Å²) in [5, 5.41) is 68.5. The number of benzene rings is 8. The molecule has 8 unspecified atom stereocenters. The first-order valence-corrected chi connectivity index (χ1v) is 34.3. The molecule has 4 radical (unpaired) electrons. The van der Waals surface area contributed by atoms with E-state index in [1.54, 1.807) is 129 Å².